The van der Waals surface area contributed by atoms with Crippen LogP contribution in [0.25, 0.3) is 0 Å². The van der Waals surface area contributed by atoms with Crippen molar-refractivity contribution >= 4 is 28.3 Å². The zero-order valence-corrected chi connectivity index (χ0v) is 11.4. The minimum absolute atomic E-state index is 0.567. The highest BCUT2D eigenvalue weighted by molar-refractivity contribution is 8.24. The highest BCUT2D eigenvalue weighted by Crippen LogP contribution is 2.33. The number of aromatic nitrogens is 1. The Morgan fingerprint density at radius 3 is 3.00 bits per heavy atom. The van der Waals surface area contributed by atoms with Crippen LogP contribution < -0.4 is 0 Å². The van der Waals surface area contributed by atoms with Gasteiger partial charge in [-0.2, -0.15) is 0 Å². The molecule has 1 aliphatic heterocycles. The Balaban J connectivity index is 2.25. The van der Waals surface area contributed by atoms with Crippen molar-refractivity contribution < 1.29 is 5.11 Å². The van der Waals surface area contributed by atoms with Crippen molar-refractivity contribution in [2.24, 2.45) is 0 Å². The third-order valence-corrected chi connectivity index (χ3v) is 4.30. The zero-order valence-electron chi connectivity index (χ0n) is 9.75. The molecule has 17 heavy (non-hydrogen) atoms. The third-order valence-electron chi connectivity index (χ3n) is 2.89. The van der Waals surface area contributed by atoms with E-state index >= 15 is 0 Å². The molecule has 0 radical (unpaired) electrons. The van der Waals surface area contributed by atoms with Gasteiger partial charge < -0.3 is 10.0 Å². The molecule has 0 fully saturated rings. The van der Waals surface area contributed by atoms with Gasteiger partial charge in [0.05, 0.1) is 0 Å². The molecule has 5 heteroatoms. The van der Waals surface area contributed by atoms with Crippen LogP contribution in [0.2, 0.25) is 0 Å². The first-order valence-corrected chi connectivity index (χ1v) is 6.57. The van der Waals surface area contributed by atoms with E-state index in [0.717, 1.165) is 11.1 Å². The second-order valence-corrected chi connectivity index (χ2v) is 5.66. The summed E-state index contributed by atoms with van der Waals surface area (Å²) >= 11 is 6.76. The first-order chi connectivity index (χ1) is 8.01. The van der Waals surface area contributed by atoms with Crippen molar-refractivity contribution in [3.05, 3.63) is 41.1 Å². The number of nitrogens with zero attached hydrogens (tertiary/aromatic N) is 2. The van der Waals surface area contributed by atoms with E-state index in [1.54, 1.807) is 19.3 Å². The molecule has 2 heterocycles. The van der Waals surface area contributed by atoms with Crippen LogP contribution in [-0.4, -0.2) is 25.0 Å². The van der Waals surface area contributed by atoms with Gasteiger partial charge in [0.2, 0.25) is 0 Å². The number of thioether (sulfide) groups is 1. The Morgan fingerprint density at radius 2 is 2.35 bits per heavy atom. The number of rotatable bonds is 2. The molecule has 3 nitrogen and oxygen atoms in total. The number of hydrogen-bond acceptors (Lipinski definition) is 4. The topological polar surface area (TPSA) is 36.4 Å². The molecule has 1 aliphatic rings. The first-order valence-electron chi connectivity index (χ1n) is 5.28. The summed E-state index contributed by atoms with van der Waals surface area (Å²) in [7, 11) is 0. The summed E-state index contributed by atoms with van der Waals surface area (Å²) in [5, 5.41) is 12.4. The maximum absolute atomic E-state index is 10.5. The minimum Gasteiger partial charge on any atom is -0.367 e. The van der Waals surface area contributed by atoms with E-state index in [1.807, 2.05) is 29.4 Å². The Kier molecular flexibility index (Phi) is 3.51. The van der Waals surface area contributed by atoms with Crippen LogP contribution in [0, 0.1) is 0 Å². The van der Waals surface area contributed by atoms with Crippen molar-refractivity contribution in [2.45, 2.75) is 26.1 Å². The van der Waals surface area contributed by atoms with E-state index in [2.05, 4.69) is 4.98 Å². The predicted molar refractivity (Wildman–Crippen MR) is 74.3 cm³/mol. The normalized spacial score (nSPS) is 24.8. The fourth-order valence-corrected chi connectivity index (χ4v) is 2.85. The molecule has 1 atom stereocenters. The summed E-state index contributed by atoms with van der Waals surface area (Å²) in [5.74, 6) is 0. The van der Waals surface area contributed by atoms with Crippen LogP contribution in [-0.2, 0) is 6.54 Å². The largest absolute Gasteiger partial charge is 0.367 e. The van der Waals surface area contributed by atoms with Crippen molar-refractivity contribution in [3.63, 3.8) is 0 Å². The minimum atomic E-state index is -1.02. The maximum atomic E-state index is 10.5. The van der Waals surface area contributed by atoms with E-state index < -0.39 is 5.72 Å². The monoisotopic (exact) mass is 266 g/mol. The molecule has 0 spiro atoms. The van der Waals surface area contributed by atoms with Crippen LogP contribution in [0.1, 0.15) is 19.4 Å². The highest BCUT2D eigenvalue weighted by atomic mass is 32.2. The molecule has 1 unspecified atom stereocenters. The number of thiocarbonyl (C=S) groups is 1. The Morgan fingerprint density at radius 1 is 1.59 bits per heavy atom. The second-order valence-electron chi connectivity index (χ2n) is 4.15. The summed E-state index contributed by atoms with van der Waals surface area (Å²) in [5.41, 5.74) is 0.920. The molecule has 0 aliphatic carbocycles. The Bertz CT molecular complexity index is 457. The lowest BCUT2D eigenvalue weighted by molar-refractivity contribution is -0.0204. The molecule has 0 saturated carbocycles. The lowest BCUT2D eigenvalue weighted by Crippen LogP contribution is -2.50. The van der Waals surface area contributed by atoms with Gasteiger partial charge in [-0.3, -0.25) is 4.98 Å². The molecule has 1 N–H and O–H groups in total. The third kappa shape index (κ3) is 2.51. The fraction of sp³-hybridized carbons (Fsp3) is 0.333. The number of aliphatic hydroxyl groups is 1. The fourth-order valence-electron chi connectivity index (χ4n) is 1.60. The number of hydrogen-bond donors (Lipinski definition) is 1. The second kappa shape index (κ2) is 4.76. The van der Waals surface area contributed by atoms with Crippen LogP contribution in [0.15, 0.2) is 35.5 Å². The van der Waals surface area contributed by atoms with Crippen molar-refractivity contribution in [1.82, 2.24) is 9.88 Å². The van der Waals surface area contributed by atoms with Gasteiger partial charge in [0, 0.05) is 18.9 Å². The van der Waals surface area contributed by atoms with Gasteiger partial charge >= 0.3 is 0 Å². The Hall–Kier alpha value is -0.910. The summed E-state index contributed by atoms with van der Waals surface area (Å²) in [6.07, 6.45) is 3.52. The molecule has 1 aromatic rings. The molecule has 0 bridgehead atoms. The van der Waals surface area contributed by atoms with Crippen LogP contribution in [0.5, 0.6) is 0 Å². The Labute approximate surface area is 111 Å². The summed E-state index contributed by atoms with van der Waals surface area (Å²) in [6.45, 7) is 4.24. The van der Waals surface area contributed by atoms with Gasteiger partial charge in [0.1, 0.15) is 4.32 Å². The van der Waals surface area contributed by atoms with Gasteiger partial charge in [-0.05, 0) is 36.5 Å². The summed E-state index contributed by atoms with van der Waals surface area (Å²) < 4.78 is 0.685. The molecule has 2 rings (SSSR count). The van der Waals surface area contributed by atoms with Gasteiger partial charge in [0.15, 0.2) is 5.72 Å². The van der Waals surface area contributed by atoms with Gasteiger partial charge in [-0.1, -0.05) is 30.0 Å². The first kappa shape index (κ1) is 12.5. The van der Waals surface area contributed by atoms with Crippen LogP contribution in [0.4, 0.5) is 0 Å². The SMILES string of the molecule is CC1=CSC(=S)N(Cc2cccnc2)C1(C)O. The molecule has 1 aromatic heterocycles. The van der Waals surface area contributed by atoms with Crippen molar-refractivity contribution in [3.8, 4) is 0 Å². The van der Waals surface area contributed by atoms with E-state index in [1.165, 1.54) is 11.8 Å². The molecule has 0 amide bonds. The van der Waals surface area contributed by atoms with Gasteiger partial charge in [-0.15, -0.1) is 0 Å². The molecule has 0 aromatic carbocycles. The quantitative estimate of drug-likeness (QED) is 0.832. The molecular formula is C12H14N2OS2. The lowest BCUT2D eigenvalue weighted by atomic mass is 10.1. The summed E-state index contributed by atoms with van der Waals surface area (Å²) in [6, 6.07) is 3.86. The zero-order chi connectivity index (χ0) is 12.5. The molecular weight excluding hydrogens is 252 g/mol. The van der Waals surface area contributed by atoms with Crippen LogP contribution >= 0.6 is 24.0 Å². The molecule has 0 saturated heterocycles. The van der Waals surface area contributed by atoms with Gasteiger partial charge in [0.25, 0.3) is 0 Å². The predicted octanol–water partition coefficient (Wildman–Crippen LogP) is 2.53. The maximum Gasteiger partial charge on any atom is 0.159 e. The van der Waals surface area contributed by atoms with Crippen molar-refractivity contribution in [1.29, 1.82) is 0 Å². The van der Waals surface area contributed by atoms with E-state index in [-0.39, 0.29) is 0 Å². The summed E-state index contributed by atoms with van der Waals surface area (Å²) in [4.78, 5) is 5.89. The average Bonchev–Trinajstić information content (AvgIpc) is 2.32. The van der Waals surface area contributed by atoms with E-state index in [4.69, 9.17) is 12.2 Å². The van der Waals surface area contributed by atoms with Crippen LogP contribution in [0.3, 0.4) is 0 Å². The highest BCUT2D eigenvalue weighted by Gasteiger charge is 2.35. The van der Waals surface area contributed by atoms with E-state index in [0.29, 0.717) is 10.9 Å². The van der Waals surface area contributed by atoms with Crippen molar-refractivity contribution in [2.75, 3.05) is 0 Å². The standard InChI is InChI=1S/C12H14N2OS2/c1-9-8-17-11(16)14(12(9,2)15)7-10-4-3-5-13-6-10/h3-6,8,15H,7H2,1-2H3. The number of pyridine rings is 1. The lowest BCUT2D eigenvalue weighted by Gasteiger charge is -2.41. The average molecular weight is 266 g/mol. The van der Waals surface area contributed by atoms with Gasteiger partial charge in [-0.25, -0.2) is 0 Å². The van der Waals surface area contributed by atoms with E-state index in [9.17, 15) is 5.11 Å². The smallest absolute Gasteiger partial charge is 0.159 e. The molecule has 90 valence electrons.